The third-order valence-electron chi connectivity index (χ3n) is 2.39. The summed E-state index contributed by atoms with van der Waals surface area (Å²) in [5, 5.41) is 1.73. The minimum atomic E-state index is -3.66. The zero-order valence-corrected chi connectivity index (χ0v) is 12.7. The van der Waals surface area contributed by atoms with Crippen molar-refractivity contribution in [2.75, 3.05) is 19.8 Å². The normalized spacial score (nSPS) is 12.3. The van der Waals surface area contributed by atoms with Crippen molar-refractivity contribution in [1.29, 1.82) is 0 Å². The zero-order chi connectivity index (χ0) is 13.9. The van der Waals surface area contributed by atoms with Gasteiger partial charge in [0.2, 0.25) is 0 Å². The van der Waals surface area contributed by atoms with Crippen LogP contribution in [0.4, 0.5) is 0 Å². The van der Waals surface area contributed by atoms with Crippen LogP contribution >= 0.6 is 22.9 Å². The lowest BCUT2D eigenvalue weighted by Gasteiger charge is -2.06. The molecule has 0 spiro atoms. The first-order valence-corrected chi connectivity index (χ1v) is 8.49. The molecule has 6 nitrogen and oxygen atoms in total. The van der Waals surface area contributed by atoms with Crippen LogP contribution < -0.4 is 4.72 Å². The molecule has 19 heavy (non-hydrogen) atoms. The van der Waals surface area contributed by atoms with Crippen molar-refractivity contribution in [3.63, 3.8) is 0 Å². The van der Waals surface area contributed by atoms with Gasteiger partial charge in [-0.25, -0.2) is 18.1 Å². The van der Waals surface area contributed by atoms with Crippen LogP contribution in [0.15, 0.2) is 16.6 Å². The third-order valence-corrected chi connectivity index (χ3v) is 5.01. The van der Waals surface area contributed by atoms with Crippen LogP contribution in [-0.4, -0.2) is 37.6 Å². The third kappa shape index (κ3) is 3.26. The van der Waals surface area contributed by atoms with Crippen molar-refractivity contribution in [2.45, 2.75) is 18.4 Å². The molecule has 0 unspecified atom stereocenters. The summed E-state index contributed by atoms with van der Waals surface area (Å²) >= 11 is 7.22. The lowest BCUT2D eigenvalue weighted by atomic mass is 10.5. The van der Waals surface area contributed by atoms with Gasteiger partial charge in [-0.1, -0.05) is 11.6 Å². The molecule has 0 amide bonds. The fourth-order valence-corrected chi connectivity index (χ4v) is 4.09. The van der Waals surface area contributed by atoms with E-state index >= 15 is 0 Å². The molecule has 0 aromatic carbocycles. The molecule has 2 rings (SSSR count). The predicted octanol–water partition coefficient (Wildman–Crippen LogP) is 1.75. The van der Waals surface area contributed by atoms with Gasteiger partial charge in [0.25, 0.3) is 10.0 Å². The van der Waals surface area contributed by atoms with Gasteiger partial charge in [-0.05, 0) is 13.3 Å². The highest BCUT2D eigenvalue weighted by Gasteiger charge is 2.24. The van der Waals surface area contributed by atoms with Crippen LogP contribution in [-0.2, 0) is 14.8 Å². The number of hydrogen-bond donors (Lipinski definition) is 1. The Balaban J connectivity index is 2.11. The number of ether oxygens (including phenoxy) is 1. The summed E-state index contributed by atoms with van der Waals surface area (Å²) in [5.74, 6) is 0. The molecule has 0 atom stereocenters. The second-order valence-corrected chi connectivity index (χ2v) is 6.62. The standard InChI is InChI=1S/C10H14ClN3O3S2/c1-2-17-6-3-4-12-19(15,16)9-8(11)13-10-14(9)5-7-18-10/h5,7,12H,2-4,6H2,1H3. The minimum Gasteiger partial charge on any atom is -0.382 e. The van der Waals surface area contributed by atoms with Crippen molar-refractivity contribution in [2.24, 2.45) is 0 Å². The fraction of sp³-hybridized carbons (Fsp3) is 0.500. The Kier molecular flexibility index (Phi) is 4.80. The number of halogens is 1. The molecule has 0 aliphatic rings. The van der Waals surface area contributed by atoms with Gasteiger partial charge in [0.15, 0.2) is 15.1 Å². The van der Waals surface area contributed by atoms with Gasteiger partial charge >= 0.3 is 0 Å². The molecule has 106 valence electrons. The van der Waals surface area contributed by atoms with E-state index in [0.717, 1.165) is 0 Å². The van der Waals surface area contributed by atoms with E-state index < -0.39 is 10.0 Å². The molecule has 0 bridgehead atoms. The Bertz CT molecular complexity index is 650. The second kappa shape index (κ2) is 6.19. The molecule has 2 aromatic heterocycles. The molecule has 0 aliphatic heterocycles. The van der Waals surface area contributed by atoms with E-state index in [-0.39, 0.29) is 10.2 Å². The van der Waals surface area contributed by atoms with Gasteiger partial charge < -0.3 is 4.74 Å². The highest BCUT2D eigenvalue weighted by atomic mass is 35.5. The number of rotatable bonds is 7. The van der Waals surface area contributed by atoms with Gasteiger partial charge in [-0.3, -0.25) is 4.40 Å². The van der Waals surface area contributed by atoms with E-state index in [1.165, 1.54) is 15.7 Å². The number of thiazole rings is 1. The number of imidazole rings is 1. The second-order valence-electron chi connectivity index (χ2n) is 3.71. The first-order chi connectivity index (χ1) is 9.06. The highest BCUT2D eigenvalue weighted by Crippen LogP contribution is 2.24. The van der Waals surface area contributed by atoms with E-state index in [4.69, 9.17) is 16.3 Å². The largest absolute Gasteiger partial charge is 0.382 e. The van der Waals surface area contributed by atoms with Crippen LogP contribution in [0, 0.1) is 0 Å². The van der Waals surface area contributed by atoms with Crippen molar-refractivity contribution in [1.82, 2.24) is 14.1 Å². The Morgan fingerprint density at radius 2 is 2.37 bits per heavy atom. The number of aromatic nitrogens is 2. The number of nitrogens with zero attached hydrogens (tertiary/aromatic N) is 2. The molecular weight excluding hydrogens is 310 g/mol. The summed E-state index contributed by atoms with van der Waals surface area (Å²) in [5.41, 5.74) is 0. The number of fused-ring (bicyclic) bond motifs is 1. The topological polar surface area (TPSA) is 72.7 Å². The number of hydrogen-bond acceptors (Lipinski definition) is 5. The monoisotopic (exact) mass is 323 g/mol. The van der Waals surface area contributed by atoms with Gasteiger partial charge in [-0.2, -0.15) is 0 Å². The van der Waals surface area contributed by atoms with Crippen molar-refractivity contribution < 1.29 is 13.2 Å². The minimum absolute atomic E-state index is 0.0100. The number of sulfonamides is 1. The molecule has 0 radical (unpaired) electrons. The van der Waals surface area contributed by atoms with Crippen LogP contribution in [0.2, 0.25) is 5.15 Å². The maximum absolute atomic E-state index is 12.2. The van der Waals surface area contributed by atoms with Crippen molar-refractivity contribution in [3.05, 3.63) is 16.7 Å². The first-order valence-electron chi connectivity index (χ1n) is 5.74. The molecule has 0 saturated heterocycles. The van der Waals surface area contributed by atoms with E-state index in [0.29, 0.717) is 31.1 Å². The van der Waals surface area contributed by atoms with Gasteiger partial charge in [0.1, 0.15) is 0 Å². The fourth-order valence-electron chi connectivity index (χ4n) is 1.57. The Morgan fingerprint density at radius 3 is 3.11 bits per heavy atom. The average molecular weight is 324 g/mol. The average Bonchev–Trinajstić information content (AvgIpc) is 2.87. The highest BCUT2D eigenvalue weighted by molar-refractivity contribution is 7.89. The van der Waals surface area contributed by atoms with Crippen LogP contribution in [0.3, 0.4) is 0 Å². The lowest BCUT2D eigenvalue weighted by molar-refractivity contribution is 0.146. The van der Waals surface area contributed by atoms with Crippen LogP contribution in [0.1, 0.15) is 13.3 Å². The Labute approximate surface area is 120 Å². The molecule has 0 fully saturated rings. The maximum Gasteiger partial charge on any atom is 0.259 e. The molecule has 1 N–H and O–H groups in total. The quantitative estimate of drug-likeness (QED) is 0.788. The van der Waals surface area contributed by atoms with Crippen LogP contribution in [0.5, 0.6) is 0 Å². The van der Waals surface area contributed by atoms with Gasteiger partial charge in [0, 0.05) is 31.3 Å². The van der Waals surface area contributed by atoms with E-state index in [1.54, 1.807) is 11.6 Å². The number of nitrogens with one attached hydrogen (secondary N) is 1. The van der Waals surface area contributed by atoms with E-state index in [2.05, 4.69) is 9.71 Å². The molecule has 2 heterocycles. The summed E-state index contributed by atoms with van der Waals surface area (Å²) in [4.78, 5) is 4.56. The Hall–Kier alpha value is -0.670. The van der Waals surface area contributed by atoms with E-state index in [1.807, 2.05) is 6.92 Å². The predicted molar refractivity (Wildman–Crippen MR) is 74.4 cm³/mol. The van der Waals surface area contributed by atoms with Gasteiger partial charge in [0.05, 0.1) is 0 Å². The molecule has 9 heteroatoms. The molecule has 0 saturated carbocycles. The first kappa shape index (κ1) is 14.7. The lowest BCUT2D eigenvalue weighted by Crippen LogP contribution is -2.26. The van der Waals surface area contributed by atoms with Crippen molar-refractivity contribution >= 4 is 37.9 Å². The molecule has 0 aliphatic carbocycles. The summed E-state index contributed by atoms with van der Waals surface area (Å²) < 4.78 is 33.4. The smallest absolute Gasteiger partial charge is 0.259 e. The summed E-state index contributed by atoms with van der Waals surface area (Å²) in [6.07, 6.45) is 2.24. The van der Waals surface area contributed by atoms with Crippen LogP contribution in [0.25, 0.3) is 4.96 Å². The Morgan fingerprint density at radius 1 is 1.58 bits per heavy atom. The summed E-state index contributed by atoms with van der Waals surface area (Å²) in [6, 6.07) is 0. The summed E-state index contributed by atoms with van der Waals surface area (Å²) in [6.45, 7) is 3.34. The van der Waals surface area contributed by atoms with Crippen molar-refractivity contribution in [3.8, 4) is 0 Å². The maximum atomic E-state index is 12.2. The van der Waals surface area contributed by atoms with Gasteiger partial charge in [-0.15, -0.1) is 11.3 Å². The van der Waals surface area contributed by atoms with E-state index in [9.17, 15) is 8.42 Å². The SMILES string of the molecule is CCOCCCNS(=O)(=O)c1c(Cl)nc2sccn12. The molecular formula is C10H14ClN3O3S2. The molecule has 2 aromatic rings. The summed E-state index contributed by atoms with van der Waals surface area (Å²) in [7, 11) is -3.66. The zero-order valence-electron chi connectivity index (χ0n) is 10.3.